The predicted molar refractivity (Wildman–Crippen MR) is 169 cm³/mol. The number of imidazole rings is 1. The van der Waals surface area contributed by atoms with Crippen LogP contribution in [0, 0.1) is 5.92 Å². The summed E-state index contributed by atoms with van der Waals surface area (Å²) in [7, 11) is 2.34. The third kappa shape index (κ3) is 6.69. The molecule has 1 amide bonds. The zero-order valence-electron chi connectivity index (χ0n) is 25.4. The minimum atomic E-state index is -2.52. The number of aryl methyl sites for hydroxylation is 1. The standard InChI is InChI=1S/C34H43N3O3Si/c1-26(24-27-18-20-28(21-19-27)31-25-36(5)32(35-31)33(38)37(6)39-7)22-23-40-41(34(2,3)4,29-14-10-8-11-15-29)30-16-12-9-13-17-30/h8-21,25-26H,22-24H2,1-7H3/t26-/m1/s1. The number of hydrogen-bond acceptors (Lipinski definition) is 4. The van der Waals surface area contributed by atoms with Gasteiger partial charge < -0.3 is 8.99 Å². The summed E-state index contributed by atoms with van der Waals surface area (Å²) in [5.74, 6) is 0.512. The van der Waals surface area contributed by atoms with Crippen molar-refractivity contribution in [2.45, 2.75) is 45.6 Å². The van der Waals surface area contributed by atoms with Crippen LogP contribution >= 0.6 is 0 Å². The van der Waals surface area contributed by atoms with Gasteiger partial charge in [-0.25, -0.2) is 10.0 Å². The van der Waals surface area contributed by atoms with Gasteiger partial charge in [-0.05, 0) is 39.7 Å². The zero-order valence-corrected chi connectivity index (χ0v) is 26.4. The molecule has 4 rings (SSSR count). The first-order valence-corrected chi connectivity index (χ1v) is 16.2. The van der Waals surface area contributed by atoms with Gasteiger partial charge in [0.1, 0.15) is 0 Å². The maximum atomic E-state index is 12.5. The van der Waals surface area contributed by atoms with Crippen LogP contribution in [0.15, 0.2) is 91.1 Å². The Kier molecular flexibility index (Phi) is 9.63. The molecule has 0 fully saturated rings. The SMILES string of the molecule is CON(C)C(=O)c1nc(-c2ccc(C[C@H](C)CCO[Si](c3ccccc3)(c3ccccc3)C(C)(C)C)cc2)cn1C. The van der Waals surface area contributed by atoms with Crippen LogP contribution in [0.5, 0.6) is 0 Å². The van der Waals surface area contributed by atoms with Crippen LogP contribution in [0.4, 0.5) is 0 Å². The summed E-state index contributed by atoms with van der Waals surface area (Å²) in [6.45, 7) is 9.97. The van der Waals surface area contributed by atoms with Gasteiger partial charge in [-0.2, -0.15) is 0 Å². The summed E-state index contributed by atoms with van der Waals surface area (Å²) in [5.41, 5.74) is 3.02. The number of amides is 1. The molecular formula is C34H43N3O3Si. The molecule has 1 aromatic heterocycles. The fourth-order valence-corrected chi connectivity index (χ4v) is 10.1. The highest BCUT2D eigenvalue weighted by molar-refractivity contribution is 6.99. The van der Waals surface area contributed by atoms with Crippen LogP contribution in [0.1, 0.15) is 50.3 Å². The molecule has 1 heterocycles. The number of hydrogen-bond donors (Lipinski definition) is 0. The molecule has 6 nitrogen and oxygen atoms in total. The predicted octanol–water partition coefficient (Wildman–Crippen LogP) is 5.87. The van der Waals surface area contributed by atoms with Gasteiger partial charge in [0, 0.05) is 32.5 Å². The van der Waals surface area contributed by atoms with Crippen molar-refractivity contribution in [3.63, 3.8) is 0 Å². The molecule has 0 bridgehead atoms. The molecule has 0 radical (unpaired) electrons. The highest BCUT2D eigenvalue weighted by Gasteiger charge is 2.50. The average Bonchev–Trinajstić information content (AvgIpc) is 3.36. The van der Waals surface area contributed by atoms with Gasteiger partial charge >= 0.3 is 5.91 Å². The van der Waals surface area contributed by atoms with Crippen molar-refractivity contribution >= 4 is 24.6 Å². The van der Waals surface area contributed by atoms with E-state index in [-0.39, 0.29) is 10.9 Å². The molecule has 0 spiro atoms. The van der Waals surface area contributed by atoms with E-state index in [1.165, 1.54) is 28.1 Å². The Morgan fingerprint density at radius 3 is 2.02 bits per heavy atom. The van der Waals surface area contributed by atoms with Crippen molar-refractivity contribution < 1.29 is 14.1 Å². The van der Waals surface area contributed by atoms with Gasteiger partial charge in [0.2, 0.25) is 5.82 Å². The first-order chi connectivity index (χ1) is 19.6. The molecule has 7 heteroatoms. The molecule has 0 saturated carbocycles. The molecule has 0 aliphatic carbocycles. The topological polar surface area (TPSA) is 56.6 Å². The molecule has 1 atom stereocenters. The van der Waals surface area contributed by atoms with Crippen molar-refractivity contribution in [2.75, 3.05) is 20.8 Å². The van der Waals surface area contributed by atoms with Gasteiger partial charge in [0.05, 0.1) is 12.8 Å². The summed E-state index contributed by atoms with van der Waals surface area (Å²) < 4.78 is 8.83. The molecule has 0 aliphatic heterocycles. The highest BCUT2D eigenvalue weighted by atomic mass is 28.4. The van der Waals surface area contributed by atoms with Crippen LogP contribution in [0.3, 0.4) is 0 Å². The smallest absolute Gasteiger partial charge is 0.313 e. The lowest BCUT2D eigenvalue weighted by molar-refractivity contribution is -0.0766. The lowest BCUT2D eigenvalue weighted by Crippen LogP contribution is -2.66. The largest absolute Gasteiger partial charge is 0.407 e. The number of aromatic nitrogens is 2. The van der Waals surface area contributed by atoms with Crippen LogP contribution in [-0.4, -0.2) is 49.6 Å². The number of carbonyl (C=O) groups is 1. The Hall–Kier alpha value is -3.52. The Morgan fingerprint density at radius 1 is 0.951 bits per heavy atom. The molecular weight excluding hydrogens is 526 g/mol. The quantitative estimate of drug-likeness (QED) is 0.168. The lowest BCUT2D eigenvalue weighted by atomic mass is 9.97. The second-order valence-corrected chi connectivity index (χ2v) is 16.2. The lowest BCUT2D eigenvalue weighted by Gasteiger charge is -2.43. The van der Waals surface area contributed by atoms with Crippen molar-refractivity contribution in [2.24, 2.45) is 13.0 Å². The fourth-order valence-electron chi connectivity index (χ4n) is 5.52. The van der Waals surface area contributed by atoms with Crippen LogP contribution in [-0.2, 0) is 22.7 Å². The van der Waals surface area contributed by atoms with E-state index in [9.17, 15) is 4.79 Å². The normalized spacial score (nSPS) is 12.8. The minimum absolute atomic E-state index is 0.0241. The molecule has 0 saturated heterocycles. The van der Waals surface area contributed by atoms with Gasteiger partial charge in [-0.15, -0.1) is 0 Å². The highest BCUT2D eigenvalue weighted by Crippen LogP contribution is 2.37. The molecule has 3 aromatic carbocycles. The van der Waals surface area contributed by atoms with E-state index >= 15 is 0 Å². The Balaban J connectivity index is 1.44. The van der Waals surface area contributed by atoms with E-state index < -0.39 is 8.32 Å². The number of hydroxylamine groups is 2. The van der Waals surface area contributed by atoms with Crippen LogP contribution < -0.4 is 10.4 Å². The first kappa shape index (κ1) is 30.4. The van der Waals surface area contributed by atoms with Crippen molar-refractivity contribution in [3.8, 4) is 11.3 Å². The maximum Gasteiger partial charge on any atom is 0.313 e. The van der Waals surface area contributed by atoms with E-state index in [0.717, 1.165) is 24.1 Å². The first-order valence-electron chi connectivity index (χ1n) is 14.3. The van der Waals surface area contributed by atoms with Gasteiger partial charge in [0.25, 0.3) is 8.32 Å². The van der Waals surface area contributed by atoms with E-state index in [1.54, 1.807) is 11.6 Å². The van der Waals surface area contributed by atoms with Crippen molar-refractivity contribution in [1.29, 1.82) is 0 Å². The van der Waals surface area contributed by atoms with E-state index in [1.807, 2.05) is 13.2 Å². The van der Waals surface area contributed by atoms with Gasteiger partial charge in [-0.1, -0.05) is 113 Å². The fraction of sp³-hybridized carbons (Fsp3) is 0.353. The summed E-state index contributed by atoms with van der Waals surface area (Å²) >= 11 is 0. The van der Waals surface area contributed by atoms with Gasteiger partial charge in [-0.3, -0.25) is 9.63 Å². The number of rotatable bonds is 11. The Labute approximate surface area is 246 Å². The summed E-state index contributed by atoms with van der Waals surface area (Å²) in [6.07, 6.45) is 3.82. The Bertz CT molecular complexity index is 1370. The molecule has 0 unspecified atom stereocenters. The summed E-state index contributed by atoms with van der Waals surface area (Å²) in [4.78, 5) is 22.1. The minimum Gasteiger partial charge on any atom is -0.407 e. The van der Waals surface area contributed by atoms with E-state index in [0.29, 0.717) is 18.3 Å². The zero-order chi connectivity index (χ0) is 29.6. The van der Waals surface area contributed by atoms with Crippen LogP contribution in [0.2, 0.25) is 5.04 Å². The number of carbonyl (C=O) groups excluding carboxylic acids is 1. The third-order valence-electron chi connectivity index (χ3n) is 7.81. The monoisotopic (exact) mass is 569 g/mol. The van der Waals surface area contributed by atoms with Gasteiger partial charge in [0.15, 0.2) is 0 Å². The van der Waals surface area contributed by atoms with E-state index in [2.05, 4.69) is 118 Å². The number of nitrogens with zero attached hydrogens (tertiary/aromatic N) is 3. The third-order valence-corrected chi connectivity index (χ3v) is 12.8. The number of benzene rings is 3. The average molecular weight is 570 g/mol. The summed E-state index contributed by atoms with van der Waals surface area (Å²) in [6, 6.07) is 30.1. The molecule has 0 N–H and O–H groups in total. The molecule has 0 aliphatic rings. The molecule has 216 valence electrons. The Morgan fingerprint density at radius 2 is 1.51 bits per heavy atom. The van der Waals surface area contributed by atoms with Crippen molar-refractivity contribution in [3.05, 3.63) is 103 Å². The van der Waals surface area contributed by atoms with Crippen LogP contribution in [0.25, 0.3) is 11.3 Å². The maximum absolute atomic E-state index is 12.5. The summed E-state index contributed by atoms with van der Waals surface area (Å²) in [5, 5.41) is 3.78. The molecule has 4 aromatic rings. The second-order valence-electron chi connectivity index (χ2n) is 11.9. The molecule has 41 heavy (non-hydrogen) atoms. The van der Waals surface area contributed by atoms with E-state index in [4.69, 9.17) is 9.26 Å². The second kappa shape index (κ2) is 13.0. The van der Waals surface area contributed by atoms with Crippen molar-refractivity contribution in [1.82, 2.24) is 14.6 Å².